The molecule has 2 aliphatic heterocycles. The normalized spacial score (nSPS) is 19.0. The maximum atomic E-state index is 15.7. The Morgan fingerprint density at radius 3 is 2.65 bits per heavy atom. The van der Waals surface area contributed by atoms with Crippen LogP contribution in [0, 0.1) is 18.6 Å². The first-order valence-corrected chi connectivity index (χ1v) is 17.9. The van der Waals surface area contributed by atoms with Crippen molar-refractivity contribution in [1.82, 2.24) is 25.1 Å². The topological polar surface area (TPSA) is 126 Å². The second-order valence-electron chi connectivity index (χ2n) is 13.4. The molecule has 3 atom stereocenters. The van der Waals surface area contributed by atoms with Crippen molar-refractivity contribution in [3.05, 3.63) is 110 Å². The van der Waals surface area contributed by atoms with Gasteiger partial charge in [0.05, 0.1) is 46.4 Å². The average molecular weight is 725 g/mol. The van der Waals surface area contributed by atoms with Crippen LogP contribution in [0.5, 0.6) is 5.75 Å². The number of benzene rings is 2. The van der Waals surface area contributed by atoms with Gasteiger partial charge in [0.25, 0.3) is 11.8 Å². The van der Waals surface area contributed by atoms with Crippen LogP contribution in [0.3, 0.4) is 0 Å². The fourth-order valence-electron chi connectivity index (χ4n) is 8.02. The molecule has 0 saturated carbocycles. The highest BCUT2D eigenvalue weighted by Gasteiger charge is 2.45. The third-order valence-corrected chi connectivity index (χ3v) is 11.4. The summed E-state index contributed by atoms with van der Waals surface area (Å²) < 4.78 is 55.5. The second-order valence-corrected chi connectivity index (χ2v) is 14.5. The number of hydrogen-bond donors (Lipinski definition) is 2. The van der Waals surface area contributed by atoms with E-state index in [1.807, 2.05) is 24.0 Å². The van der Waals surface area contributed by atoms with Gasteiger partial charge in [0, 0.05) is 34.7 Å². The molecule has 52 heavy (non-hydrogen) atoms. The lowest BCUT2D eigenvalue weighted by Gasteiger charge is -2.18. The molecule has 0 spiro atoms. The lowest BCUT2D eigenvalue weighted by molar-refractivity contribution is 0.0776. The Bertz CT molecular complexity index is 2480. The molecule has 2 aromatic carbocycles. The molecule has 4 aromatic heterocycles. The van der Waals surface area contributed by atoms with Crippen LogP contribution in [0.2, 0.25) is 0 Å². The molecule has 3 aliphatic rings. The monoisotopic (exact) mass is 724 g/mol. The number of aromatic amines is 1. The minimum atomic E-state index is -1.37. The van der Waals surface area contributed by atoms with Gasteiger partial charge < -0.3 is 19.4 Å². The third-order valence-electron chi connectivity index (χ3n) is 10.3. The molecule has 1 unspecified atom stereocenters. The number of alkyl halides is 1. The number of aromatic nitrogens is 4. The summed E-state index contributed by atoms with van der Waals surface area (Å²) in [4.78, 5) is 39.0. The predicted molar refractivity (Wildman–Crippen MR) is 188 cm³/mol. The summed E-state index contributed by atoms with van der Waals surface area (Å²) in [7, 11) is 1.37. The summed E-state index contributed by atoms with van der Waals surface area (Å²) in [5.41, 5.74) is 5.30. The number of pyridine rings is 2. The lowest BCUT2D eigenvalue weighted by atomic mass is 9.93. The Labute approximate surface area is 298 Å². The van der Waals surface area contributed by atoms with Crippen molar-refractivity contribution in [3.8, 4) is 27.6 Å². The van der Waals surface area contributed by atoms with E-state index in [-0.39, 0.29) is 35.8 Å². The number of hydrogen-bond acceptors (Lipinski definition) is 9. The van der Waals surface area contributed by atoms with Crippen molar-refractivity contribution in [2.75, 3.05) is 19.0 Å². The van der Waals surface area contributed by atoms with E-state index in [4.69, 9.17) is 19.1 Å². The van der Waals surface area contributed by atoms with Crippen LogP contribution in [0.15, 0.2) is 57.7 Å². The Kier molecular flexibility index (Phi) is 7.68. The summed E-state index contributed by atoms with van der Waals surface area (Å²) in [6, 6.07) is 12.0. The summed E-state index contributed by atoms with van der Waals surface area (Å²) in [6.07, 6.45) is 1.14. The molecule has 0 bridgehead atoms. The smallest absolute Gasteiger partial charge is 0.434 e. The van der Waals surface area contributed by atoms with Gasteiger partial charge in [0.15, 0.2) is 11.6 Å². The Balaban J connectivity index is 1.22. The second kappa shape index (κ2) is 12.3. The first-order chi connectivity index (χ1) is 25.2. The lowest BCUT2D eigenvalue weighted by Crippen LogP contribution is -2.22. The van der Waals surface area contributed by atoms with E-state index >= 15 is 4.39 Å². The van der Waals surface area contributed by atoms with Gasteiger partial charge in [0.1, 0.15) is 17.8 Å². The number of anilines is 1. The molecule has 1 fully saturated rings. The number of aryl methyl sites for hydroxylation is 3. The van der Waals surface area contributed by atoms with Crippen molar-refractivity contribution in [3.63, 3.8) is 0 Å². The van der Waals surface area contributed by atoms with E-state index < -0.39 is 23.8 Å². The summed E-state index contributed by atoms with van der Waals surface area (Å²) in [5.74, 6) is -1.32. The molecule has 14 heteroatoms. The molecule has 264 valence electrons. The number of halogens is 3. The number of H-pyrrole nitrogens is 1. The molecule has 6 heterocycles. The highest BCUT2D eigenvalue weighted by atomic mass is 32.1. The molecule has 9 rings (SSSR count). The van der Waals surface area contributed by atoms with Crippen LogP contribution >= 0.6 is 11.3 Å². The van der Waals surface area contributed by atoms with Gasteiger partial charge in [-0.05, 0) is 79.5 Å². The Hall–Kier alpha value is -5.50. The SMILES string of the molecule is COc1c(F)ccc2c1C[C@H](F)[C@H]2Nc1nc(C)cc2cc(-c3c4c(nc(CCc5ccc(F)cc5)c3-c3n[nH]c(=O)o3)C3CCCN3C4=O)sc12. The highest BCUT2D eigenvalue weighted by Crippen LogP contribution is 2.51. The van der Waals surface area contributed by atoms with Crippen molar-refractivity contribution in [1.29, 1.82) is 0 Å². The number of nitrogens with zero attached hydrogens (tertiary/aromatic N) is 4. The van der Waals surface area contributed by atoms with Crippen molar-refractivity contribution in [2.45, 2.75) is 57.3 Å². The molecule has 6 aromatic rings. The Morgan fingerprint density at radius 2 is 1.88 bits per heavy atom. The molecule has 0 radical (unpaired) electrons. The number of methoxy groups -OCH3 is 1. The fourth-order valence-corrected chi connectivity index (χ4v) is 9.17. The number of nitrogens with one attached hydrogen (secondary N) is 2. The molecule has 2 N–H and O–H groups in total. The van der Waals surface area contributed by atoms with E-state index in [2.05, 4.69) is 15.5 Å². The van der Waals surface area contributed by atoms with Crippen molar-refractivity contribution in [2.24, 2.45) is 0 Å². The molecular weight excluding hydrogens is 694 g/mol. The number of amides is 1. The number of ether oxygens (including phenoxy) is 1. The van der Waals surface area contributed by atoms with E-state index in [9.17, 15) is 18.4 Å². The van der Waals surface area contributed by atoms with Crippen LogP contribution < -0.4 is 15.8 Å². The molecule has 1 saturated heterocycles. The number of fused-ring (bicyclic) bond motifs is 5. The Morgan fingerprint density at radius 1 is 1.06 bits per heavy atom. The van der Waals surface area contributed by atoms with Crippen LogP contribution in [0.25, 0.3) is 32.0 Å². The zero-order valence-corrected chi connectivity index (χ0v) is 28.9. The largest absolute Gasteiger partial charge is 0.493 e. The van der Waals surface area contributed by atoms with Gasteiger partial charge in [-0.1, -0.05) is 18.2 Å². The third kappa shape index (κ3) is 5.18. The predicted octanol–water partition coefficient (Wildman–Crippen LogP) is 7.42. The highest BCUT2D eigenvalue weighted by molar-refractivity contribution is 7.23. The molecule has 1 amide bonds. The van der Waals surface area contributed by atoms with Crippen molar-refractivity contribution >= 4 is 33.1 Å². The zero-order chi connectivity index (χ0) is 35.8. The number of thiophene rings is 1. The van der Waals surface area contributed by atoms with Gasteiger partial charge in [-0.2, -0.15) is 0 Å². The van der Waals surface area contributed by atoms with E-state index in [0.29, 0.717) is 79.7 Å². The van der Waals surface area contributed by atoms with E-state index in [1.165, 1.54) is 36.6 Å². The minimum Gasteiger partial charge on any atom is -0.493 e. The molecule has 10 nitrogen and oxygen atoms in total. The number of rotatable bonds is 8. The quantitative estimate of drug-likeness (QED) is 0.166. The van der Waals surface area contributed by atoms with Crippen LogP contribution in [-0.2, 0) is 19.3 Å². The maximum Gasteiger partial charge on any atom is 0.434 e. The summed E-state index contributed by atoms with van der Waals surface area (Å²) in [6.45, 7) is 2.44. The van der Waals surface area contributed by atoms with Gasteiger partial charge in [0.2, 0.25) is 0 Å². The van der Waals surface area contributed by atoms with Gasteiger partial charge in [-0.3, -0.25) is 9.78 Å². The van der Waals surface area contributed by atoms with Crippen LogP contribution in [-0.4, -0.2) is 50.8 Å². The van der Waals surface area contributed by atoms with Gasteiger partial charge in [-0.25, -0.2) is 28.0 Å². The van der Waals surface area contributed by atoms with Crippen LogP contribution in [0.1, 0.15) is 69.1 Å². The maximum absolute atomic E-state index is 15.7. The zero-order valence-electron chi connectivity index (χ0n) is 28.1. The van der Waals surface area contributed by atoms with E-state index in [1.54, 1.807) is 18.2 Å². The number of carbonyl (C=O) groups excluding carboxylic acids is 1. The van der Waals surface area contributed by atoms with E-state index in [0.717, 1.165) is 23.8 Å². The molecular formula is C38H31F3N6O4S. The molecule has 1 aliphatic carbocycles. The number of carbonyl (C=O) groups is 1. The average Bonchev–Trinajstić information content (AvgIpc) is 3.96. The fraction of sp³-hybridized carbons (Fsp3) is 0.289. The minimum absolute atomic E-state index is 0.00149. The summed E-state index contributed by atoms with van der Waals surface area (Å²) >= 11 is 1.37. The van der Waals surface area contributed by atoms with Gasteiger partial charge in [-0.15, -0.1) is 16.4 Å². The van der Waals surface area contributed by atoms with Gasteiger partial charge >= 0.3 is 5.76 Å². The standard InChI is InChI=1S/C38H31F3N6O4S/c1-17-14-19-15-27(52-34(19)35(42-17)44-31-21-10-11-23(40)33(50-2)22(21)16-24(31)41)29-28(36-45-46-38(49)51-36)25(12-7-18-5-8-20(39)9-6-18)43-32-26-4-3-13-47(26)37(48)30(29)32/h5-6,8-11,14-15,24,26,31H,3-4,7,12-13,16H2,1-2H3,(H,42,44)(H,46,49)/t24-,26?,31-/m0/s1. The first kappa shape index (κ1) is 32.4. The first-order valence-electron chi connectivity index (χ1n) is 17.0. The van der Waals surface area contributed by atoms with Crippen molar-refractivity contribution < 1.29 is 27.1 Å². The summed E-state index contributed by atoms with van der Waals surface area (Å²) in [5, 5.41) is 10.7. The van der Waals surface area contributed by atoms with Crippen LogP contribution in [0.4, 0.5) is 19.0 Å².